The van der Waals surface area contributed by atoms with Gasteiger partial charge >= 0.3 is 0 Å². The Balaban J connectivity index is 2.10. The summed E-state index contributed by atoms with van der Waals surface area (Å²) in [5, 5.41) is 3.16. The van der Waals surface area contributed by atoms with E-state index < -0.39 is 9.84 Å². The van der Waals surface area contributed by atoms with Gasteiger partial charge in [-0.15, -0.1) is 0 Å². The van der Waals surface area contributed by atoms with Gasteiger partial charge in [-0.3, -0.25) is 0 Å². The van der Waals surface area contributed by atoms with E-state index in [-0.39, 0.29) is 11.8 Å². The number of imidazole rings is 1. The molecule has 5 nitrogen and oxygen atoms in total. The van der Waals surface area contributed by atoms with Gasteiger partial charge in [0.15, 0.2) is 0 Å². The fourth-order valence-electron chi connectivity index (χ4n) is 2.08. The molecule has 1 heterocycles. The topological polar surface area (TPSA) is 64.0 Å². The van der Waals surface area contributed by atoms with Crippen LogP contribution in [0.4, 0.5) is 0 Å². The second-order valence-electron chi connectivity index (χ2n) is 4.79. The average molecular weight is 281 g/mol. The molecule has 1 N–H and O–H groups in total. The summed E-state index contributed by atoms with van der Waals surface area (Å²) in [7, 11) is -1.06. The highest BCUT2D eigenvalue weighted by Gasteiger charge is 2.12. The van der Waals surface area contributed by atoms with Crippen LogP contribution in [0.5, 0.6) is 0 Å². The molecular weight excluding hydrogens is 262 g/mol. The van der Waals surface area contributed by atoms with Gasteiger partial charge in [-0.05, 0) is 25.6 Å². The lowest BCUT2D eigenvalue weighted by atomic mass is 10.2. The van der Waals surface area contributed by atoms with E-state index >= 15 is 0 Å². The number of aromatic nitrogens is 2. The number of nitrogens with zero attached hydrogens (tertiary/aromatic N) is 2. The van der Waals surface area contributed by atoms with Crippen LogP contribution in [0, 0.1) is 0 Å². The van der Waals surface area contributed by atoms with Gasteiger partial charge in [-0.1, -0.05) is 12.1 Å². The maximum atomic E-state index is 11.2. The van der Waals surface area contributed by atoms with E-state index in [0.717, 1.165) is 11.0 Å². The fourth-order valence-corrected chi connectivity index (χ4v) is 2.79. The number of nitrogens with one attached hydrogen (secondary N) is 1. The van der Waals surface area contributed by atoms with E-state index in [1.54, 1.807) is 6.33 Å². The second-order valence-corrected chi connectivity index (χ2v) is 7.05. The van der Waals surface area contributed by atoms with E-state index in [1.807, 2.05) is 31.3 Å². The van der Waals surface area contributed by atoms with Crippen molar-refractivity contribution in [3.63, 3.8) is 0 Å². The summed E-state index contributed by atoms with van der Waals surface area (Å²) in [6, 6.07) is 8.04. The van der Waals surface area contributed by atoms with Gasteiger partial charge in [0.1, 0.15) is 9.84 Å². The summed E-state index contributed by atoms with van der Waals surface area (Å²) in [5.41, 5.74) is 2.03. The summed E-state index contributed by atoms with van der Waals surface area (Å²) in [4.78, 5) is 4.33. The predicted molar refractivity (Wildman–Crippen MR) is 76.9 cm³/mol. The van der Waals surface area contributed by atoms with Crippen molar-refractivity contribution in [1.82, 2.24) is 14.9 Å². The lowest BCUT2D eigenvalue weighted by Gasteiger charge is -2.16. The zero-order valence-corrected chi connectivity index (χ0v) is 12.0. The van der Waals surface area contributed by atoms with Crippen LogP contribution >= 0.6 is 0 Å². The molecule has 0 aliphatic carbocycles. The Kier molecular flexibility index (Phi) is 4.21. The van der Waals surface area contributed by atoms with Gasteiger partial charge in [-0.2, -0.15) is 0 Å². The third-order valence-corrected chi connectivity index (χ3v) is 4.17. The first-order chi connectivity index (χ1) is 8.99. The number of sulfone groups is 1. The van der Waals surface area contributed by atoms with Crippen molar-refractivity contribution in [2.75, 3.05) is 19.1 Å². The number of hydrogen-bond donors (Lipinski definition) is 1. The molecule has 1 aromatic carbocycles. The van der Waals surface area contributed by atoms with Crippen molar-refractivity contribution in [2.24, 2.45) is 0 Å². The van der Waals surface area contributed by atoms with Crippen LogP contribution in [0.2, 0.25) is 0 Å². The molecule has 0 spiro atoms. The first kappa shape index (κ1) is 14.0. The molecular formula is C13H19N3O2S. The lowest BCUT2D eigenvalue weighted by molar-refractivity contribution is 0.473. The van der Waals surface area contributed by atoms with Crippen molar-refractivity contribution in [3.05, 3.63) is 30.6 Å². The molecule has 6 heteroatoms. The van der Waals surface area contributed by atoms with Crippen molar-refractivity contribution in [3.8, 4) is 0 Å². The Morgan fingerprint density at radius 2 is 2.11 bits per heavy atom. The molecule has 0 bridgehead atoms. The SMILES string of the molecule is CNC(CCS(C)(=O)=O)Cn1cnc2ccccc21. The first-order valence-electron chi connectivity index (χ1n) is 6.24. The number of hydrogen-bond acceptors (Lipinski definition) is 4. The Hall–Kier alpha value is -1.40. The molecule has 0 fully saturated rings. The van der Waals surface area contributed by atoms with E-state index in [1.165, 1.54) is 6.26 Å². The van der Waals surface area contributed by atoms with Gasteiger partial charge < -0.3 is 9.88 Å². The molecule has 0 radical (unpaired) electrons. The lowest BCUT2D eigenvalue weighted by Crippen LogP contribution is -2.32. The Morgan fingerprint density at radius 1 is 1.37 bits per heavy atom. The summed E-state index contributed by atoms with van der Waals surface area (Å²) in [6.45, 7) is 0.715. The highest BCUT2D eigenvalue weighted by atomic mass is 32.2. The second kappa shape index (κ2) is 5.71. The quantitative estimate of drug-likeness (QED) is 0.860. The number of benzene rings is 1. The van der Waals surface area contributed by atoms with Crippen LogP contribution in [0.3, 0.4) is 0 Å². The Labute approximate surface area is 113 Å². The zero-order chi connectivity index (χ0) is 13.9. The molecule has 1 aromatic heterocycles. The highest BCUT2D eigenvalue weighted by Crippen LogP contribution is 2.13. The van der Waals surface area contributed by atoms with Gasteiger partial charge in [0.25, 0.3) is 0 Å². The van der Waals surface area contributed by atoms with E-state index in [0.29, 0.717) is 13.0 Å². The van der Waals surface area contributed by atoms with E-state index in [2.05, 4.69) is 14.9 Å². The number of rotatable bonds is 6. The summed E-state index contributed by atoms with van der Waals surface area (Å²) < 4.78 is 24.5. The number of likely N-dealkylation sites (N-methyl/N-ethyl adjacent to an activating group) is 1. The minimum Gasteiger partial charge on any atom is -0.329 e. The van der Waals surface area contributed by atoms with E-state index in [4.69, 9.17) is 0 Å². The highest BCUT2D eigenvalue weighted by molar-refractivity contribution is 7.90. The predicted octanol–water partition coefficient (Wildman–Crippen LogP) is 1.06. The Morgan fingerprint density at radius 3 is 2.79 bits per heavy atom. The minimum absolute atomic E-state index is 0.118. The van der Waals surface area contributed by atoms with Gasteiger partial charge in [0, 0.05) is 18.8 Å². The third kappa shape index (κ3) is 3.78. The van der Waals surface area contributed by atoms with Gasteiger partial charge in [-0.25, -0.2) is 13.4 Å². The largest absolute Gasteiger partial charge is 0.329 e. The number of fused-ring (bicyclic) bond motifs is 1. The molecule has 0 aliphatic heterocycles. The number of para-hydroxylation sites is 2. The molecule has 2 aromatic rings. The smallest absolute Gasteiger partial charge is 0.147 e. The van der Waals surface area contributed by atoms with E-state index in [9.17, 15) is 8.42 Å². The zero-order valence-electron chi connectivity index (χ0n) is 11.2. The van der Waals surface area contributed by atoms with Crippen molar-refractivity contribution < 1.29 is 8.42 Å². The van der Waals surface area contributed by atoms with Crippen molar-refractivity contribution in [1.29, 1.82) is 0 Å². The summed E-state index contributed by atoms with van der Waals surface area (Å²) in [5.74, 6) is 0.200. The normalized spacial score (nSPS) is 13.8. The maximum absolute atomic E-state index is 11.2. The maximum Gasteiger partial charge on any atom is 0.147 e. The molecule has 2 rings (SSSR count). The molecule has 1 atom stereocenters. The van der Waals surface area contributed by atoms with Crippen LogP contribution in [0.1, 0.15) is 6.42 Å². The van der Waals surface area contributed by atoms with Crippen LogP contribution in [-0.2, 0) is 16.4 Å². The monoisotopic (exact) mass is 281 g/mol. The molecule has 0 amide bonds. The van der Waals surface area contributed by atoms with Crippen LogP contribution in [-0.4, -0.2) is 43.1 Å². The molecule has 19 heavy (non-hydrogen) atoms. The summed E-state index contributed by atoms with van der Waals surface area (Å²) in [6.07, 6.45) is 3.67. The Bertz CT molecular complexity index is 649. The molecule has 0 saturated carbocycles. The average Bonchev–Trinajstić information content (AvgIpc) is 2.77. The fraction of sp³-hybridized carbons (Fsp3) is 0.462. The van der Waals surface area contributed by atoms with Crippen LogP contribution in [0.25, 0.3) is 11.0 Å². The van der Waals surface area contributed by atoms with Crippen molar-refractivity contribution >= 4 is 20.9 Å². The minimum atomic E-state index is -2.92. The van der Waals surface area contributed by atoms with Gasteiger partial charge in [0.05, 0.1) is 23.1 Å². The molecule has 104 valence electrons. The first-order valence-corrected chi connectivity index (χ1v) is 8.30. The standard InChI is InChI=1S/C13H19N3O2S/c1-14-11(7-8-19(2,17)18)9-16-10-15-12-5-3-4-6-13(12)16/h3-6,10-11,14H,7-9H2,1-2H3. The third-order valence-electron chi connectivity index (χ3n) is 3.19. The van der Waals surface area contributed by atoms with Crippen LogP contribution in [0.15, 0.2) is 30.6 Å². The summed E-state index contributed by atoms with van der Waals surface area (Å²) >= 11 is 0. The van der Waals surface area contributed by atoms with Gasteiger partial charge in [0.2, 0.25) is 0 Å². The molecule has 0 saturated heterocycles. The van der Waals surface area contributed by atoms with Crippen LogP contribution < -0.4 is 5.32 Å². The molecule has 1 unspecified atom stereocenters. The molecule has 0 aliphatic rings. The van der Waals surface area contributed by atoms with Crippen molar-refractivity contribution in [2.45, 2.75) is 19.0 Å².